The van der Waals surface area contributed by atoms with Crippen LogP contribution in [-0.4, -0.2) is 36.5 Å². The van der Waals surface area contributed by atoms with Crippen molar-refractivity contribution in [1.29, 1.82) is 0 Å². The molecule has 3 heteroatoms. The molecular formula is C8H16N2O. The molecule has 11 heavy (non-hydrogen) atoms. The normalized spacial score (nSPS) is 19.5. The van der Waals surface area contributed by atoms with Crippen molar-refractivity contribution in [1.82, 2.24) is 10.2 Å². The molecule has 1 amide bonds. The average molecular weight is 156 g/mol. The zero-order chi connectivity index (χ0) is 8.27. The van der Waals surface area contributed by atoms with E-state index in [1.54, 1.807) is 6.92 Å². The number of carbonyl (C=O) groups is 1. The monoisotopic (exact) mass is 156 g/mol. The second-order valence-corrected chi connectivity index (χ2v) is 3.16. The quantitative estimate of drug-likeness (QED) is 0.634. The molecule has 0 aromatic carbocycles. The third-order valence-electron chi connectivity index (χ3n) is 1.90. The van der Waals surface area contributed by atoms with Crippen LogP contribution in [0.4, 0.5) is 0 Å². The number of likely N-dealkylation sites (tertiary alicyclic amines) is 1. The summed E-state index contributed by atoms with van der Waals surface area (Å²) in [6, 6.07) is 0.416. The number of nitrogens with zero attached hydrogens (tertiary/aromatic N) is 1. The van der Waals surface area contributed by atoms with E-state index in [1.807, 2.05) is 0 Å². The lowest BCUT2D eigenvalue weighted by Gasteiger charge is -2.39. The number of nitrogens with one attached hydrogen (secondary N) is 1. The van der Waals surface area contributed by atoms with Crippen molar-refractivity contribution in [2.75, 3.05) is 19.6 Å². The first kappa shape index (κ1) is 8.53. The fourth-order valence-corrected chi connectivity index (χ4v) is 1.45. The van der Waals surface area contributed by atoms with Crippen molar-refractivity contribution in [2.45, 2.75) is 26.3 Å². The van der Waals surface area contributed by atoms with Gasteiger partial charge in [0, 0.05) is 20.0 Å². The molecule has 0 spiro atoms. The second kappa shape index (κ2) is 3.72. The summed E-state index contributed by atoms with van der Waals surface area (Å²) in [6.45, 7) is 6.98. The Morgan fingerprint density at radius 3 is 2.73 bits per heavy atom. The Morgan fingerprint density at radius 1 is 1.64 bits per heavy atom. The van der Waals surface area contributed by atoms with E-state index in [4.69, 9.17) is 0 Å². The molecule has 0 bridgehead atoms. The Kier molecular flexibility index (Phi) is 2.88. The minimum atomic E-state index is 0.0890. The summed E-state index contributed by atoms with van der Waals surface area (Å²) in [6.07, 6.45) is 1.20. The van der Waals surface area contributed by atoms with E-state index in [9.17, 15) is 4.79 Å². The molecule has 0 atom stereocenters. The highest BCUT2D eigenvalue weighted by atomic mass is 16.1. The summed E-state index contributed by atoms with van der Waals surface area (Å²) in [5.41, 5.74) is 0. The first-order valence-corrected chi connectivity index (χ1v) is 4.22. The number of carbonyl (C=O) groups excluding carboxylic acids is 1. The molecule has 1 aliphatic rings. The molecule has 0 saturated carbocycles. The van der Waals surface area contributed by atoms with Gasteiger partial charge in [0.2, 0.25) is 5.91 Å². The molecule has 0 aliphatic carbocycles. The first-order chi connectivity index (χ1) is 5.22. The van der Waals surface area contributed by atoms with Gasteiger partial charge in [-0.2, -0.15) is 0 Å². The molecule has 1 aliphatic heterocycles. The van der Waals surface area contributed by atoms with E-state index < -0.39 is 0 Å². The molecule has 1 fully saturated rings. The summed E-state index contributed by atoms with van der Waals surface area (Å²) < 4.78 is 0. The van der Waals surface area contributed by atoms with Crippen LogP contribution in [0, 0.1) is 0 Å². The first-order valence-electron chi connectivity index (χ1n) is 4.22. The van der Waals surface area contributed by atoms with Crippen LogP contribution in [-0.2, 0) is 4.79 Å². The lowest BCUT2D eigenvalue weighted by Crippen LogP contribution is -2.58. The number of rotatable bonds is 3. The van der Waals surface area contributed by atoms with Gasteiger partial charge in [0.05, 0.1) is 6.04 Å². The van der Waals surface area contributed by atoms with Gasteiger partial charge < -0.3 is 5.32 Å². The van der Waals surface area contributed by atoms with Gasteiger partial charge in [-0.1, -0.05) is 6.92 Å². The molecular weight excluding hydrogens is 140 g/mol. The molecule has 0 aromatic rings. The van der Waals surface area contributed by atoms with Gasteiger partial charge in [-0.25, -0.2) is 0 Å². The van der Waals surface area contributed by atoms with E-state index in [0.717, 1.165) is 19.6 Å². The van der Waals surface area contributed by atoms with Crippen LogP contribution in [0.1, 0.15) is 20.3 Å². The molecule has 1 heterocycles. The van der Waals surface area contributed by atoms with Gasteiger partial charge in [0.1, 0.15) is 0 Å². The molecule has 1 N–H and O–H groups in total. The SMILES string of the molecule is CCCN1CC(NC(C)=O)C1. The van der Waals surface area contributed by atoms with E-state index in [0.29, 0.717) is 6.04 Å². The third-order valence-corrected chi connectivity index (χ3v) is 1.90. The zero-order valence-corrected chi connectivity index (χ0v) is 7.26. The zero-order valence-electron chi connectivity index (χ0n) is 7.26. The maximum absolute atomic E-state index is 10.6. The minimum absolute atomic E-state index is 0.0890. The van der Waals surface area contributed by atoms with Crippen molar-refractivity contribution in [3.63, 3.8) is 0 Å². The maximum atomic E-state index is 10.6. The van der Waals surface area contributed by atoms with Crippen molar-refractivity contribution in [2.24, 2.45) is 0 Å². The van der Waals surface area contributed by atoms with Crippen molar-refractivity contribution in [3.8, 4) is 0 Å². The Hall–Kier alpha value is -0.570. The maximum Gasteiger partial charge on any atom is 0.217 e. The molecule has 64 valence electrons. The van der Waals surface area contributed by atoms with Crippen LogP contribution in [0.15, 0.2) is 0 Å². The van der Waals surface area contributed by atoms with Gasteiger partial charge >= 0.3 is 0 Å². The van der Waals surface area contributed by atoms with Crippen LogP contribution < -0.4 is 5.32 Å². The van der Waals surface area contributed by atoms with E-state index in [-0.39, 0.29) is 5.91 Å². The second-order valence-electron chi connectivity index (χ2n) is 3.16. The highest BCUT2D eigenvalue weighted by molar-refractivity contribution is 5.73. The topological polar surface area (TPSA) is 32.3 Å². The number of hydrogen-bond acceptors (Lipinski definition) is 2. The van der Waals surface area contributed by atoms with Crippen LogP contribution in [0.2, 0.25) is 0 Å². The van der Waals surface area contributed by atoms with Crippen LogP contribution >= 0.6 is 0 Å². The summed E-state index contributed by atoms with van der Waals surface area (Å²) in [4.78, 5) is 12.9. The Balaban J connectivity index is 2.04. The van der Waals surface area contributed by atoms with Crippen molar-refractivity contribution < 1.29 is 4.79 Å². The van der Waals surface area contributed by atoms with Gasteiger partial charge in [-0.3, -0.25) is 9.69 Å². The van der Waals surface area contributed by atoms with Gasteiger partial charge in [-0.05, 0) is 13.0 Å². The lowest BCUT2D eigenvalue weighted by molar-refractivity contribution is -0.120. The fraction of sp³-hybridized carbons (Fsp3) is 0.875. The Morgan fingerprint density at radius 2 is 2.27 bits per heavy atom. The summed E-state index contributed by atoms with van der Waals surface area (Å²) >= 11 is 0. The predicted molar refractivity (Wildman–Crippen MR) is 44.3 cm³/mol. The minimum Gasteiger partial charge on any atom is -0.351 e. The third kappa shape index (κ3) is 2.50. The summed E-state index contributed by atoms with van der Waals surface area (Å²) in [5, 5.41) is 2.89. The lowest BCUT2D eigenvalue weighted by atomic mass is 10.1. The molecule has 0 unspecified atom stereocenters. The standard InChI is InChI=1S/C8H16N2O/c1-3-4-10-5-8(6-10)9-7(2)11/h8H,3-6H2,1-2H3,(H,9,11). The average Bonchev–Trinajstić information content (AvgIpc) is 1.82. The predicted octanol–water partition coefficient (Wildman–Crippen LogP) is 0.217. The van der Waals surface area contributed by atoms with Crippen LogP contribution in [0.25, 0.3) is 0 Å². The number of hydrogen-bond donors (Lipinski definition) is 1. The number of amides is 1. The van der Waals surface area contributed by atoms with Gasteiger partial charge in [-0.15, -0.1) is 0 Å². The smallest absolute Gasteiger partial charge is 0.217 e. The summed E-state index contributed by atoms with van der Waals surface area (Å²) in [7, 11) is 0. The van der Waals surface area contributed by atoms with E-state index in [1.165, 1.54) is 6.42 Å². The van der Waals surface area contributed by atoms with E-state index >= 15 is 0 Å². The molecule has 1 rings (SSSR count). The Labute approximate surface area is 67.8 Å². The van der Waals surface area contributed by atoms with E-state index in [2.05, 4.69) is 17.1 Å². The molecule has 0 aromatic heterocycles. The van der Waals surface area contributed by atoms with Gasteiger partial charge in [0.25, 0.3) is 0 Å². The highest BCUT2D eigenvalue weighted by Gasteiger charge is 2.25. The van der Waals surface area contributed by atoms with Crippen LogP contribution in [0.3, 0.4) is 0 Å². The van der Waals surface area contributed by atoms with Crippen LogP contribution in [0.5, 0.6) is 0 Å². The summed E-state index contributed by atoms with van der Waals surface area (Å²) in [5.74, 6) is 0.0890. The molecule has 3 nitrogen and oxygen atoms in total. The fourth-order valence-electron chi connectivity index (χ4n) is 1.45. The van der Waals surface area contributed by atoms with Gasteiger partial charge in [0.15, 0.2) is 0 Å². The van der Waals surface area contributed by atoms with Crippen molar-refractivity contribution >= 4 is 5.91 Å². The highest BCUT2D eigenvalue weighted by Crippen LogP contribution is 2.07. The van der Waals surface area contributed by atoms with Crippen molar-refractivity contribution in [3.05, 3.63) is 0 Å². The largest absolute Gasteiger partial charge is 0.351 e. The molecule has 1 saturated heterocycles. The molecule has 0 radical (unpaired) electrons. The Bertz CT molecular complexity index is 141.